The minimum atomic E-state index is 0.0550. The summed E-state index contributed by atoms with van der Waals surface area (Å²) in [5, 5.41) is 0. The molecule has 1 saturated carbocycles. The zero-order valence-corrected chi connectivity index (χ0v) is 7.84. The summed E-state index contributed by atoms with van der Waals surface area (Å²) in [6, 6.07) is 0. The predicted molar refractivity (Wildman–Crippen MR) is 50.8 cm³/mol. The third kappa shape index (κ3) is 1.64. The van der Waals surface area contributed by atoms with Crippen LogP contribution in [0.1, 0.15) is 43.0 Å². The van der Waals surface area contributed by atoms with Crippen LogP contribution in [-0.2, 0) is 0 Å². The van der Waals surface area contributed by atoms with Crippen LogP contribution in [0.3, 0.4) is 0 Å². The number of rotatable bonds is 1. The molecule has 3 nitrogen and oxygen atoms in total. The molecular formula is C10H14N2O. The lowest BCUT2D eigenvalue weighted by Crippen LogP contribution is -2.16. The van der Waals surface area contributed by atoms with Gasteiger partial charge in [0.15, 0.2) is 0 Å². The molecule has 1 aliphatic rings. The fourth-order valence-corrected chi connectivity index (χ4v) is 2.02. The van der Waals surface area contributed by atoms with Crippen LogP contribution in [0.15, 0.2) is 11.0 Å². The SMILES string of the molecule is Cc1ncc(C2CCCC2)c(=O)[nH]1. The molecule has 70 valence electrons. The van der Waals surface area contributed by atoms with E-state index >= 15 is 0 Å². The van der Waals surface area contributed by atoms with Gasteiger partial charge >= 0.3 is 0 Å². The maximum Gasteiger partial charge on any atom is 0.254 e. The first-order valence-corrected chi connectivity index (χ1v) is 4.83. The van der Waals surface area contributed by atoms with Crippen LogP contribution >= 0.6 is 0 Å². The van der Waals surface area contributed by atoms with E-state index in [-0.39, 0.29) is 5.56 Å². The minimum absolute atomic E-state index is 0.0550. The highest BCUT2D eigenvalue weighted by Gasteiger charge is 2.19. The van der Waals surface area contributed by atoms with Crippen LogP contribution in [0.25, 0.3) is 0 Å². The van der Waals surface area contributed by atoms with E-state index in [1.165, 1.54) is 12.8 Å². The highest BCUT2D eigenvalue weighted by atomic mass is 16.1. The third-order valence-corrected chi connectivity index (χ3v) is 2.75. The highest BCUT2D eigenvalue weighted by molar-refractivity contribution is 5.13. The van der Waals surface area contributed by atoms with Gasteiger partial charge in [0.05, 0.1) is 0 Å². The van der Waals surface area contributed by atoms with Gasteiger partial charge in [-0.3, -0.25) is 4.79 Å². The Balaban J connectivity index is 2.34. The summed E-state index contributed by atoms with van der Waals surface area (Å²) in [6.45, 7) is 1.81. The topological polar surface area (TPSA) is 45.8 Å². The zero-order chi connectivity index (χ0) is 9.26. The molecule has 1 aromatic rings. The standard InChI is InChI=1S/C10H14N2O/c1-7-11-6-9(10(13)12-7)8-4-2-3-5-8/h6,8H,2-5H2,1H3,(H,11,12,13). The second kappa shape index (κ2) is 3.32. The van der Waals surface area contributed by atoms with Crippen LogP contribution < -0.4 is 5.56 Å². The summed E-state index contributed by atoms with van der Waals surface area (Å²) in [4.78, 5) is 18.4. The summed E-state index contributed by atoms with van der Waals surface area (Å²) in [5.74, 6) is 1.16. The van der Waals surface area contributed by atoms with Crippen LogP contribution in [0.4, 0.5) is 0 Å². The van der Waals surface area contributed by atoms with E-state index in [0.717, 1.165) is 18.4 Å². The van der Waals surface area contributed by atoms with Gasteiger partial charge in [-0.15, -0.1) is 0 Å². The number of aromatic amines is 1. The molecule has 3 heteroatoms. The molecule has 1 fully saturated rings. The lowest BCUT2D eigenvalue weighted by atomic mass is 10.0. The molecule has 1 N–H and O–H groups in total. The van der Waals surface area contributed by atoms with Crippen LogP contribution in [-0.4, -0.2) is 9.97 Å². The van der Waals surface area contributed by atoms with Crippen LogP contribution in [0, 0.1) is 6.92 Å². The summed E-state index contributed by atoms with van der Waals surface area (Å²) in [6.07, 6.45) is 6.53. The fourth-order valence-electron chi connectivity index (χ4n) is 2.02. The molecule has 1 aliphatic carbocycles. The smallest absolute Gasteiger partial charge is 0.254 e. The molecule has 13 heavy (non-hydrogen) atoms. The molecule has 1 aromatic heterocycles. The Kier molecular flexibility index (Phi) is 2.17. The van der Waals surface area contributed by atoms with Crippen molar-refractivity contribution in [3.8, 4) is 0 Å². The number of hydrogen-bond donors (Lipinski definition) is 1. The number of aryl methyl sites for hydroxylation is 1. The number of hydrogen-bond acceptors (Lipinski definition) is 2. The van der Waals surface area contributed by atoms with Gasteiger partial charge in [-0.1, -0.05) is 12.8 Å². The average molecular weight is 178 g/mol. The molecule has 0 aromatic carbocycles. The van der Waals surface area contributed by atoms with Gasteiger partial charge < -0.3 is 4.98 Å². The van der Waals surface area contributed by atoms with Gasteiger partial charge in [-0.05, 0) is 25.7 Å². The Morgan fingerprint density at radius 1 is 1.46 bits per heavy atom. The summed E-state index contributed by atoms with van der Waals surface area (Å²) in [7, 11) is 0. The van der Waals surface area contributed by atoms with Crippen molar-refractivity contribution in [2.45, 2.75) is 38.5 Å². The monoisotopic (exact) mass is 178 g/mol. The van der Waals surface area contributed by atoms with E-state index in [1.54, 1.807) is 13.1 Å². The van der Waals surface area contributed by atoms with E-state index in [2.05, 4.69) is 9.97 Å². The number of nitrogens with one attached hydrogen (secondary N) is 1. The molecule has 2 rings (SSSR count). The highest BCUT2D eigenvalue weighted by Crippen LogP contribution is 2.31. The quantitative estimate of drug-likeness (QED) is 0.712. The molecular weight excluding hydrogens is 164 g/mol. The molecule has 0 amide bonds. The molecule has 0 unspecified atom stereocenters. The van der Waals surface area contributed by atoms with Gasteiger partial charge in [0.25, 0.3) is 5.56 Å². The van der Waals surface area contributed by atoms with Crippen LogP contribution in [0.2, 0.25) is 0 Å². The molecule has 0 spiro atoms. The van der Waals surface area contributed by atoms with E-state index in [0.29, 0.717) is 11.7 Å². The van der Waals surface area contributed by atoms with Crippen molar-refractivity contribution >= 4 is 0 Å². The zero-order valence-electron chi connectivity index (χ0n) is 7.84. The number of nitrogens with zero attached hydrogens (tertiary/aromatic N) is 1. The molecule has 0 atom stereocenters. The van der Waals surface area contributed by atoms with Crippen LogP contribution in [0.5, 0.6) is 0 Å². The first-order valence-electron chi connectivity index (χ1n) is 4.83. The Morgan fingerprint density at radius 2 is 2.15 bits per heavy atom. The minimum Gasteiger partial charge on any atom is -0.311 e. The van der Waals surface area contributed by atoms with Crippen molar-refractivity contribution in [3.05, 3.63) is 27.9 Å². The van der Waals surface area contributed by atoms with Crippen molar-refractivity contribution in [3.63, 3.8) is 0 Å². The second-order valence-electron chi connectivity index (χ2n) is 3.73. The number of H-pyrrole nitrogens is 1. The Labute approximate surface area is 77.2 Å². The van der Waals surface area contributed by atoms with Crippen molar-refractivity contribution in [2.24, 2.45) is 0 Å². The maximum absolute atomic E-state index is 11.5. The summed E-state index contributed by atoms with van der Waals surface area (Å²) < 4.78 is 0. The van der Waals surface area contributed by atoms with E-state index in [1.807, 2.05) is 0 Å². The van der Waals surface area contributed by atoms with Gasteiger partial charge in [0.2, 0.25) is 0 Å². The van der Waals surface area contributed by atoms with Gasteiger partial charge in [0.1, 0.15) is 5.82 Å². The van der Waals surface area contributed by atoms with Gasteiger partial charge in [-0.2, -0.15) is 0 Å². The lowest BCUT2D eigenvalue weighted by Gasteiger charge is -2.06. The van der Waals surface area contributed by atoms with Crippen molar-refractivity contribution < 1.29 is 0 Å². The largest absolute Gasteiger partial charge is 0.311 e. The molecule has 0 aliphatic heterocycles. The Hall–Kier alpha value is -1.12. The average Bonchev–Trinajstić information content (AvgIpc) is 2.56. The lowest BCUT2D eigenvalue weighted by molar-refractivity contribution is 0.702. The predicted octanol–water partition coefficient (Wildman–Crippen LogP) is 1.74. The van der Waals surface area contributed by atoms with E-state index < -0.39 is 0 Å². The first-order chi connectivity index (χ1) is 6.27. The van der Waals surface area contributed by atoms with Crippen molar-refractivity contribution in [1.82, 2.24) is 9.97 Å². The number of aromatic nitrogens is 2. The fraction of sp³-hybridized carbons (Fsp3) is 0.600. The third-order valence-electron chi connectivity index (χ3n) is 2.75. The Morgan fingerprint density at radius 3 is 2.77 bits per heavy atom. The maximum atomic E-state index is 11.5. The van der Waals surface area contributed by atoms with Gasteiger partial charge in [-0.25, -0.2) is 4.98 Å². The van der Waals surface area contributed by atoms with Crippen molar-refractivity contribution in [1.29, 1.82) is 0 Å². The Bertz CT molecular complexity index is 350. The summed E-state index contributed by atoms with van der Waals surface area (Å²) >= 11 is 0. The van der Waals surface area contributed by atoms with Gasteiger partial charge in [0, 0.05) is 11.8 Å². The molecule has 0 bridgehead atoms. The van der Waals surface area contributed by atoms with E-state index in [9.17, 15) is 4.79 Å². The molecule has 0 saturated heterocycles. The van der Waals surface area contributed by atoms with E-state index in [4.69, 9.17) is 0 Å². The molecule has 0 radical (unpaired) electrons. The normalized spacial score (nSPS) is 17.9. The molecule has 1 heterocycles. The van der Waals surface area contributed by atoms with Crippen molar-refractivity contribution in [2.75, 3.05) is 0 Å². The first kappa shape index (κ1) is 8.48. The summed E-state index contributed by atoms with van der Waals surface area (Å²) in [5.41, 5.74) is 0.933. The second-order valence-corrected chi connectivity index (χ2v) is 3.73.